The summed E-state index contributed by atoms with van der Waals surface area (Å²) >= 11 is 0. The van der Waals surface area contributed by atoms with Crippen molar-refractivity contribution in [2.24, 2.45) is 7.05 Å². The maximum atomic E-state index is 12.1. The number of nitro groups is 1. The van der Waals surface area contributed by atoms with E-state index in [0.717, 1.165) is 25.9 Å². The van der Waals surface area contributed by atoms with Gasteiger partial charge in [0.2, 0.25) is 5.95 Å². The second kappa shape index (κ2) is 7.91. The second-order valence-corrected chi connectivity index (χ2v) is 6.00. The Morgan fingerprint density at radius 1 is 1.42 bits per heavy atom. The number of benzene rings is 1. The average Bonchev–Trinajstić information content (AvgIpc) is 3.01. The molecule has 0 spiro atoms. The summed E-state index contributed by atoms with van der Waals surface area (Å²) < 4.78 is 6.79. The Bertz CT molecular complexity index is 800. The number of carbonyl (C=O) groups excluding carboxylic acids is 1. The van der Waals surface area contributed by atoms with Crippen molar-refractivity contribution >= 4 is 17.5 Å². The summed E-state index contributed by atoms with van der Waals surface area (Å²) in [5.74, 6) is 0.895. The number of anilines is 1. The topological polar surface area (TPSA) is 124 Å². The molecule has 1 aromatic carbocycles. The van der Waals surface area contributed by atoms with Crippen LogP contribution in [0.2, 0.25) is 0 Å². The van der Waals surface area contributed by atoms with Gasteiger partial charge < -0.3 is 10.1 Å². The van der Waals surface area contributed by atoms with E-state index in [4.69, 9.17) is 4.74 Å². The largest absolute Gasteiger partial charge is 0.477 e. The molecule has 10 nitrogen and oxygen atoms in total. The minimum Gasteiger partial charge on any atom is -0.477 e. The lowest BCUT2D eigenvalue weighted by Gasteiger charge is -2.19. The van der Waals surface area contributed by atoms with Crippen LogP contribution in [-0.2, 0) is 11.8 Å². The Kier molecular flexibility index (Phi) is 5.42. The van der Waals surface area contributed by atoms with E-state index in [9.17, 15) is 14.9 Å². The molecular formula is C16H20N6O4. The molecule has 0 aliphatic carbocycles. The Hall–Kier alpha value is -3.01. The maximum Gasteiger partial charge on any atom is 0.310 e. The molecule has 2 N–H and O–H groups in total. The van der Waals surface area contributed by atoms with Crippen LogP contribution in [0.5, 0.6) is 5.75 Å². The van der Waals surface area contributed by atoms with Crippen LogP contribution in [0.25, 0.3) is 0 Å². The zero-order chi connectivity index (χ0) is 18.5. The van der Waals surface area contributed by atoms with Gasteiger partial charge in [-0.1, -0.05) is 12.1 Å². The number of nitrogens with zero attached hydrogens (tertiary/aromatic N) is 4. The quantitative estimate of drug-likeness (QED) is 0.586. The molecule has 10 heteroatoms. The zero-order valence-electron chi connectivity index (χ0n) is 14.3. The third-order valence-electron chi connectivity index (χ3n) is 4.16. The monoisotopic (exact) mass is 360 g/mol. The number of hydrogen-bond acceptors (Lipinski definition) is 7. The second-order valence-electron chi connectivity index (χ2n) is 6.00. The molecule has 1 fully saturated rings. The number of aryl methyl sites for hydroxylation is 1. The van der Waals surface area contributed by atoms with Crippen molar-refractivity contribution in [2.45, 2.75) is 18.8 Å². The smallest absolute Gasteiger partial charge is 0.310 e. The van der Waals surface area contributed by atoms with Crippen LogP contribution in [0.3, 0.4) is 0 Å². The lowest BCUT2D eigenvalue weighted by molar-refractivity contribution is -0.385. The Labute approximate surface area is 149 Å². The number of nitrogens with one attached hydrogen (secondary N) is 2. The summed E-state index contributed by atoms with van der Waals surface area (Å²) in [6.07, 6.45) is 1.91. The number of aromatic nitrogens is 3. The van der Waals surface area contributed by atoms with Crippen molar-refractivity contribution in [3.05, 3.63) is 40.2 Å². The summed E-state index contributed by atoms with van der Waals surface area (Å²) in [6.45, 7) is 1.49. The van der Waals surface area contributed by atoms with Gasteiger partial charge in [-0.05, 0) is 32.0 Å². The van der Waals surface area contributed by atoms with Crippen molar-refractivity contribution in [3.8, 4) is 5.75 Å². The number of carbonyl (C=O) groups is 1. The van der Waals surface area contributed by atoms with E-state index in [1.807, 2.05) is 0 Å². The molecular weight excluding hydrogens is 340 g/mol. The summed E-state index contributed by atoms with van der Waals surface area (Å²) in [4.78, 5) is 26.9. The predicted octanol–water partition coefficient (Wildman–Crippen LogP) is 1.21. The van der Waals surface area contributed by atoms with Gasteiger partial charge in [-0.2, -0.15) is 10.1 Å². The predicted molar refractivity (Wildman–Crippen MR) is 93.1 cm³/mol. The molecule has 0 unspecified atom stereocenters. The molecule has 1 aliphatic rings. The number of rotatable bonds is 6. The van der Waals surface area contributed by atoms with Crippen molar-refractivity contribution < 1.29 is 14.5 Å². The van der Waals surface area contributed by atoms with E-state index in [1.165, 1.54) is 22.9 Å². The van der Waals surface area contributed by atoms with Crippen molar-refractivity contribution in [3.63, 3.8) is 0 Å². The van der Waals surface area contributed by atoms with E-state index >= 15 is 0 Å². The highest BCUT2D eigenvalue weighted by atomic mass is 16.6. The molecule has 3 rings (SSSR count). The van der Waals surface area contributed by atoms with Crippen LogP contribution in [0.1, 0.15) is 24.6 Å². The van der Waals surface area contributed by atoms with Crippen LogP contribution in [0, 0.1) is 10.1 Å². The number of ether oxygens (including phenoxy) is 1. The van der Waals surface area contributed by atoms with E-state index < -0.39 is 10.8 Å². The molecule has 0 bridgehead atoms. The molecule has 1 amide bonds. The minimum atomic E-state index is -0.554. The summed E-state index contributed by atoms with van der Waals surface area (Å²) in [5, 5.41) is 21.2. The fraction of sp³-hybridized carbons (Fsp3) is 0.438. The van der Waals surface area contributed by atoms with Gasteiger partial charge in [0.05, 0.1) is 4.92 Å². The number of piperidine rings is 1. The first-order valence-corrected chi connectivity index (χ1v) is 8.32. The maximum absolute atomic E-state index is 12.1. The van der Waals surface area contributed by atoms with Crippen molar-refractivity contribution in [1.29, 1.82) is 0 Å². The molecule has 138 valence electrons. The van der Waals surface area contributed by atoms with Gasteiger partial charge in [0.1, 0.15) is 0 Å². The van der Waals surface area contributed by atoms with Gasteiger partial charge in [0.15, 0.2) is 18.2 Å². The van der Waals surface area contributed by atoms with Crippen LogP contribution in [0.15, 0.2) is 24.3 Å². The molecule has 0 saturated carbocycles. The first-order chi connectivity index (χ1) is 12.5. The number of para-hydroxylation sites is 2. The Morgan fingerprint density at radius 2 is 2.15 bits per heavy atom. The van der Waals surface area contributed by atoms with Crippen molar-refractivity contribution in [1.82, 2.24) is 20.1 Å². The van der Waals surface area contributed by atoms with Crippen LogP contribution in [0.4, 0.5) is 11.6 Å². The standard InChI is InChI=1S/C16H20N6O4/c1-21-16(19-15(20-21)11-6-8-17-9-7-11)18-14(23)10-26-13-5-3-2-4-12(13)22(24)25/h2-5,11,17H,6-10H2,1H3,(H,18,19,20,23). The summed E-state index contributed by atoms with van der Waals surface area (Å²) in [7, 11) is 1.70. The fourth-order valence-electron chi connectivity index (χ4n) is 2.80. The molecule has 2 heterocycles. The zero-order valence-corrected chi connectivity index (χ0v) is 14.3. The summed E-state index contributed by atoms with van der Waals surface area (Å²) in [6, 6.07) is 5.91. The van der Waals surface area contributed by atoms with Gasteiger partial charge in [0, 0.05) is 19.0 Å². The van der Waals surface area contributed by atoms with Gasteiger partial charge >= 0.3 is 5.69 Å². The molecule has 1 aromatic heterocycles. The van der Waals surface area contributed by atoms with Crippen LogP contribution < -0.4 is 15.4 Å². The van der Waals surface area contributed by atoms with Gasteiger partial charge in [-0.15, -0.1) is 0 Å². The van der Waals surface area contributed by atoms with Crippen molar-refractivity contribution in [2.75, 3.05) is 25.0 Å². The molecule has 26 heavy (non-hydrogen) atoms. The first-order valence-electron chi connectivity index (χ1n) is 8.32. The molecule has 0 atom stereocenters. The third-order valence-corrected chi connectivity index (χ3v) is 4.16. The summed E-state index contributed by atoms with van der Waals surface area (Å²) in [5.41, 5.74) is -0.188. The van der Waals surface area contributed by atoms with Crippen LogP contribution >= 0.6 is 0 Å². The average molecular weight is 360 g/mol. The lowest BCUT2D eigenvalue weighted by Crippen LogP contribution is -2.27. The van der Waals surface area contributed by atoms with Gasteiger partial charge in [-0.25, -0.2) is 4.68 Å². The number of hydrogen-bond donors (Lipinski definition) is 2. The Balaban J connectivity index is 1.60. The lowest BCUT2D eigenvalue weighted by atomic mass is 9.98. The highest BCUT2D eigenvalue weighted by Gasteiger charge is 2.21. The molecule has 2 aromatic rings. The third kappa shape index (κ3) is 4.14. The van der Waals surface area contributed by atoms with Crippen LogP contribution in [-0.4, -0.2) is 45.3 Å². The molecule has 1 saturated heterocycles. The van der Waals surface area contributed by atoms with E-state index in [2.05, 4.69) is 20.7 Å². The number of amides is 1. The molecule has 1 aliphatic heterocycles. The normalized spacial score (nSPS) is 14.8. The van der Waals surface area contributed by atoms with Gasteiger partial charge in [0.25, 0.3) is 5.91 Å². The fourth-order valence-corrected chi connectivity index (χ4v) is 2.80. The highest BCUT2D eigenvalue weighted by Crippen LogP contribution is 2.26. The minimum absolute atomic E-state index is 0.0426. The van der Waals surface area contributed by atoms with E-state index in [0.29, 0.717) is 11.8 Å². The van der Waals surface area contributed by atoms with Gasteiger partial charge in [-0.3, -0.25) is 20.2 Å². The SMILES string of the molecule is Cn1nc(C2CCNCC2)nc1NC(=O)COc1ccccc1[N+](=O)[O-]. The Morgan fingerprint density at radius 3 is 2.88 bits per heavy atom. The molecule has 0 radical (unpaired) electrons. The number of nitro benzene ring substituents is 1. The van der Waals surface area contributed by atoms with E-state index in [1.54, 1.807) is 13.1 Å². The van der Waals surface area contributed by atoms with E-state index in [-0.39, 0.29) is 24.0 Å². The first kappa shape index (κ1) is 17.8. The highest BCUT2D eigenvalue weighted by molar-refractivity contribution is 5.90.